The highest BCUT2D eigenvalue weighted by atomic mass is 32.2. The first-order chi connectivity index (χ1) is 12.9. The lowest BCUT2D eigenvalue weighted by molar-refractivity contribution is 0.0979. The third-order valence-electron chi connectivity index (χ3n) is 5.37. The molecule has 0 saturated carbocycles. The largest absolute Gasteiger partial charge is 0.356 e. The number of hydrogen-bond donors (Lipinski definition) is 1. The number of hydrogen-bond acceptors (Lipinski definition) is 5. The van der Waals surface area contributed by atoms with E-state index in [4.69, 9.17) is 12.2 Å². The lowest BCUT2D eigenvalue weighted by atomic mass is 9.83. The Labute approximate surface area is 161 Å². The Balaban J connectivity index is 1.69. The number of benzene rings is 2. The standard InChI is InChI=1S/C19H14N2O4S2/c22-17-10-4-1-2-5-11(10)18(23)16-12(17)6-3-7-14(16)21-15-9-27(24,25)8-13(15)20-19(21)26/h1-7,13,15H,8-9H2,(H,20,26)/t13-,15+/m1/s1. The van der Waals surface area contributed by atoms with Gasteiger partial charge in [-0.25, -0.2) is 8.42 Å². The van der Waals surface area contributed by atoms with E-state index < -0.39 is 9.84 Å². The molecule has 5 rings (SSSR count). The van der Waals surface area contributed by atoms with Crippen LogP contribution >= 0.6 is 12.2 Å². The first kappa shape index (κ1) is 16.6. The van der Waals surface area contributed by atoms with Crippen molar-refractivity contribution >= 4 is 44.4 Å². The molecule has 0 spiro atoms. The van der Waals surface area contributed by atoms with Crippen molar-refractivity contribution in [2.75, 3.05) is 16.4 Å². The Morgan fingerprint density at radius 1 is 0.926 bits per heavy atom. The molecule has 2 aromatic rings. The summed E-state index contributed by atoms with van der Waals surface area (Å²) in [5.74, 6) is -0.481. The van der Waals surface area contributed by atoms with Crippen LogP contribution in [0.25, 0.3) is 0 Å². The van der Waals surface area contributed by atoms with Gasteiger partial charge in [0.15, 0.2) is 26.5 Å². The van der Waals surface area contributed by atoms with Crippen LogP contribution in [-0.4, -0.2) is 48.7 Å². The van der Waals surface area contributed by atoms with Crippen LogP contribution in [0.3, 0.4) is 0 Å². The summed E-state index contributed by atoms with van der Waals surface area (Å²) in [5, 5.41) is 3.44. The van der Waals surface area contributed by atoms with E-state index in [2.05, 4.69) is 5.32 Å². The number of nitrogens with one attached hydrogen (secondary N) is 1. The van der Waals surface area contributed by atoms with Gasteiger partial charge in [0.2, 0.25) is 0 Å². The third-order valence-corrected chi connectivity index (χ3v) is 7.40. The van der Waals surface area contributed by atoms with Gasteiger partial charge in [-0.1, -0.05) is 36.4 Å². The summed E-state index contributed by atoms with van der Waals surface area (Å²) >= 11 is 5.43. The van der Waals surface area contributed by atoms with Crippen molar-refractivity contribution in [2.45, 2.75) is 12.1 Å². The molecule has 1 aliphatic carbocycles. The zero-order chi connectivity index (χ0) is 18.9. The Morgan fingerprint density at radius 3 is 2.33 bits per heavy atom. The fraction of sp³-hybridized carbons (Fsp3) is 0.211. The number of fused-ring (bicyclic) bond motifs is 3. The lowest BCUT2D eigenvalue weighted by Crippen LogP contribution is -2.38. The molecule has 2 fully saturated rings. The number of thiocarbonyl (C=S) groups is 1. The number of sulfone groups is 1. The number of carbonyl (C=O) groups is 2. The second-order valence-corrected chi connectivity index (χ2v) is 9.51. The van der Waals surface area contributed by atoms with Gasteiger partial charge in [-0.2, -0.15) is 0 Å². The van der Waals surface area contributed by atoms with Gasteiger partial charge >= 0.3 is 0 Å². The van der Waals surface area contributed by atoms with E-state index >= 15 is 0 Å². The average molecular weight is 398 g/mol. The van der Waals surface area contributed by atoms with Gasteiger partial charge in [0, 0.05) is 16.7 Å². The molecule has 2 atom stereocenters. The smallest absolute Gasteiger partial charge is 0.196 e. The summed E-state index contributed by atoms with van der Waals surface area (Å²) in [5.41, 5.74) is 1.84. The second kappa shape index (κ2) is 5.46. The zero-order valence-corrected chi connectivity index (χ0v) is 15.6. The molecule has 136 valence electrons. The van der Waals surface area contributed by atoms with Crippen LogP contribution in [0.1, 0.15) is 31.8 Å². The number of carbonyl (C=O) groups excluding carboxylic acids is 2. The van der Waals surface area contributed by atoms with Crippen molar-refractivity contribution in [3.8, 4) is 0 Å². The fourth-order valence-corrected chi connectivity index (χ4v) is 6.49. The van der Waals surface area contributed by atoms with E-state index in [0.717, 1.165) is 0 Å². The minimum atomic E-state index is -3.18. The van der Waals surface area contributed by atoms with Crippen LogP contribution in [0.15, 0.2) is 42.5 Å². The van der Waals surface area contributed by atoms with Gasteiger partial charge in [-0.05, 0) is 18.3 Å². The SMILES string of the molecule is O=C1c2ccccc2C(=O)c2c1cccc2N1C(=S)N[C@@H]2CS(=O)(=O)C[C@@H]21. The predicted octanol–water partition coefficient (Wildman–Crippen LogP) is 1.32. The summed E-state index contributed by atoms with van der Waals surface area (Å²) in [6.07, 6.45) is 0. The fourth-order valence-electron chi connectivity index (χ4n) is 4.22. The number of rotatable bonds is 1. The Hall–Kier alpha value is -2.58. The molecule has 27 heavy (non-hydrogen) atoms. The Bertz CT molecular complexity index is 1160. The maximum Gasteiger partial charge on any atom is 0.196 e. The number of ketones is 2. The molecule has 0 amide bonds. The highest BCUT2D eigenvalue weighted by molar-refractivity contribution is 7.91. The van der Waals surface area contributed by atoms with Crippen LogP contribution in [0.4, 0.5) is 5.69 Å². The van der Waals surface area contributed by atoms with Crippen LogP contribution in [0.5, 0.6) is 0 Å². The minimum absolute atomic E-state index is 0.0129. The summed E-state index contributed by atoms with van der Waals surface area (Å²) in [7, 11) is -3.18. The van der Waals surface area contributed by atoms with E-state index in [9.17, 15) is 18.0 Å². The van der Waals surface area contributed by atoms with Gasteiger partial charge in [0.05, 0.1) is 34.8 Å². The molecule has 0 radical (unpaired) electrons. The maximum atomic E-state index is 13.2. The molecule has 0 unspecified atom stereocenters. The monoisotopic (exact) mass is 398 g/mol. The molecule has 1 N–H and O–H groups in total. The number of nitrogens with zero attached hydrogens (tertiary/aromatic N) is 1. The van der Waals surface area contributed by atoms with Gasteiger partial charge in [-0.15, -0.1) is 0 Å². The molecular weight excluding hydrogens is 384 g/mol. The molecule has 2 heterocycles. The number of anilines is 1. The topological polar surface area (TPSA) is 83.6 Å². The van der Waals surface area contributed by atoms with Crippen LogP contribution in [-0.2, 0) is 9.84 Å². The van der Waals surface area contributed by atoms with Crippen molar-refractivity contribution in [3.05, 3.63) is 64.7 Å². The molecule has 6 nitrogen and oxygen atoms in total. The molecular formula is C19H14N2O4S2. The highest BCUT2D eigenvalue weighted by Gasteiger charge is 2.49. The normalized spacial score (nSPS) is 25.0. The van der Waals surface area contributed by atoms with Crippen molar-refractivity contribution < 1.29 is 18.0 Å². The first-order valence-corrected chi connectivity index (χ1v) is 10.7. The summed E-state index contributed by atoms with van der Waals surface area (Å²) in [4.78, 5) is 27.8. The lowest BCUT2D eigenvalue weighted by Gasteiger charge is -2.28. The summed E-state index contributed by atoms with van der Waals surface area (Å²) < 4.78 is 24.1. The van der Waals surface area contributed by atoms with Crippen molar-refractivity contribution in [3.63, 3.8) is 0 Å². The van der Waals surface area contributed by atoms with Crippen LogP contribution < -0.4 is 10.2 Å². The maximum absolute atomic E-state index is 13.2. The average Bonchev–Trinajstić information content (AvgIpc) is 3.08. The molecule has 2 aromatic carbocycles. The van der Waals surface area contributed by atoms with Crippen LogP contribution in [0.2, 0.25) is 0 Å². The van der Waals surface area contributed by atoms with Crippen molar-refractivity contribution in [1.29, 1.82) is 0 Å². The van der Waals surface area contributed by atoms with E-state index in [1.165, 1.54) is 0 Å². The summed E-state index contributed by atoms with van der Waals surface area (Å²) in [6.45, 7) is 0. The summed E-state index contributed by atoms with van der Waals surface area (Å²) in [6, 6.07) is 11.1. The minimum Gasteiger partial charge on any atom is -0.356 e. The van der Waals surface area contributed by atoms with Crippen LogP contribution in [0, 0.1) is 0 Å². The Kier molecular flexibility index (Phi) is 3.36. The quantitative estimate of drug-likeness (QED) is 0.619. The van der Waals surface area contributed by atoms with Gasteiger partial charge in [0.1, 0.15) is 0 Å². The molecule has 2 aliphatic heterocycles. The first-order valence-electron chi connectivity index (χ1n) is 8.49. The third kappa shape index (κ3) is 2.30. The van der Waals surface area contributed by atoms with Gasteiger partial charge in [-0.3, -0.25) is 9.59 Å². The van der Waals surface area contributed by atoms with E-state index in [-0.39, 0.29) is 40.7 Å². The molecule has 3 aliphatic rings. The van der Waals surface area contributed by atoms with Gasteiger partial charge in [0.25, 0.3) is 0 Å². The van der Waals surface area contributed by atoms with E-state index in [1.54, 1.807) is 47.4 Å². The van der Waals surface area contributed by atoms with Gasteiger partial charge < -0.3 is 10.2 Å². The van der Waals surface area contributed by atoms with Crippen molar-refractivity contribution in [1.82, 2.24) is 5.32 Å². The van der Waals surface area contributed by atoms with E-state index in [0.29, 0.717) is 27.5 Å². The predicted molar refractivity (Wildman–Crippen MR) is 104 cm³/mol. The molecule has 0 bridgehead atoms. The zero-order valence-electron chi connectivity index (χ0n) is 14.0. The second-order valence-electron chi connectivity index (χ2n) is 6.97. The highest BCUT2D eigenvalue weighted by Crippen LogP contribution is 2.37. The van der Waals surface area contributed by atoms with Crippen molar-refractivity contribution in [2.24, 2.45) is 0 Å². The van der Waals surface area contributed by atoms with E-state index in [1.807, 2.05) is 0 Å². The Morgan fingerprint density at radius 2 is 1.59 bits per heavy atom. The molecule has 2 saturated heterocycles. The molecule has 8 heteroatoms. The molecule has 0 aromatic heterocycles.